The highest BCUT2D eigenvalue weighted by Gasteiger charge is 2.16. The molecule has 0 unspecified atom stereocenters. The summed E-state index contributed by atoms with van der Waals surface area (Å²) < 4.78 is 7.53. The Kier molecular flexibility index (Phi) is 4.25. The Hall–Kier alpha value is -2.47. The zero-order valence-corrected chi connectivity index (χ0v) is 13.8. The summed E-state index contributed by atoms with van der Waals surface area (Å²) in [5, 5.41) is 11.4. The molecule has 0 spiro atoms. The van der Waals surface area contributed by atoms with Gasteiger partial charge in [0.25, 0.3) is 0 Å². The van der Waals surface area contributed by atoms with E-state index in [0.717, 1.165) is 11.5 Å². The molecule has 3 aromatic rings. The second-order valence-electron chi connectivity index (χ2n) is 5.71. The van der Waals surface area contributed by atoms with Gasteiger partial charge in [-0.2, -0.15) is 0 Å². The number of aromatic nitrogens is 4. The fraction of sp³-hybridized carbons (Fsp3) is 0.353. The van der Waals surface area contributed by atoms with Crippen LogP contribution in [0.3, 0.4) is 0 Å². The lowest BCUT2D eigenvalue weighted by Gasteiger charge is -2.18. The van der Waals surface area contributed by atoms with Gasteiger partial charge in [0.1, 0.15) is 5.82 Å². The number of hydrogen-bond acceptors (Lipinski definition) is 5. The molecule has 1 N–H and O–H groups in total. The molecule has 3 rings (SSSR count). The van der Waals surface area contributed by atoms with E-state index in [0.29, 0.717) is 11.8 Å². The Morgan fingerprint density at radius 3 is 2.35 bits per heavy atom. The van der Waals surface area contributed by atoms with E-state index in [4.69, 9.17) is 4.42 Å². The Labute approximate surface area is 135 Å². The van der Waals surface area contributed by atoms with Crippen LogP contribution in [0.1, 0.15) is 49.1 Å². The minimum absolute atomic E-state index is 0.00164. The van der Waals surface area contributed by atoms with Crippen LogP contribution < -0.4 is 5.32 Å². The molecule has 0 aliphatic heterocycles. The Bertz CT molecular complexity index is 774. The standard InChI is InChI=1S/C17H21N5O/c1-11(19-12(2)17-21-20-14(4)23-17)15-5-7-16(8-6-15)22-10-9-18-13(22)3/h5-12,19H,1-4H3/t11-,12-/m1/s1. The van der Waals surface area contributed by atoms with E-state index in [1.165, 1.54) is 5.56 Å². The average molecular weight is 311 g/mol. The molecule has 0 bridgehead atoms. The molecule has 2 heterocycles. The topological polar surface area (TPSA) is 68.8 Å². The highest BCUT2D eigenvalue weighted by atomic mass is 16.4. The van der Waals surface area contributed by atoms with E-state index in [1.807, 2.05) is 26.2 Å². The summed E-state index contributed by atoms with van der Waals surface area (Å²) in [4.78, 5) is 4.25. The third-order valence-corrected chi connectivity index (χ3v) is 3.91. The molecular formula is C17H21N5O. The zero-order valence-electron chi connectivity index (χ0n) is 13.8. The molecule has 0 aliphatic rings. The maximum atomic E-state index is 5.47. The van der Waals surface area contributed by atoms with Gasteiger partial charge < -0.3 is 8.98 Å². The van der Waals surface area contributed by atoms with E-state index in [2.05, 4.69) is 56.3 Å². The molecule has 0 aliphatic carbocycles. The van der Waals surface area contributed by atoms with Crippen molar-refractivity contribution in [3.8, 4) is 5.69 Å². The van der Waals surface area contributed by atoms with Gasteiger partial charge in [-0.05, 0) is 38.5 Å². The fourth-order valence-corrected chi connectivity index (χ4v) is 2.60. The van der Waals surface area contributed by atoms with Crippen molar-refractivity contribution in [2.75, 3.05) is 0 Å². The monoisotopic (exact) mass is 311 g/mol. The molecule has 0 saturated carbocycles. The highest BCUT2D eigenvalue weighted by Crippen LogP contribution is 2.20. The Morgan fingerprint density at radius 1 is 1.04 bits per heavy atom. The normalized spacial score (nSPS) is 13.9. The molecule has 0 saturated heterocycles. The minimum atomic E-state index is 0.00164. The Balaban J connectivity index is 1.70. The zero-order chi connectivity index (χ0) is 16.4. The number of hydrogen-bond donors (Lipinski definition) is 1. The smallest absolute Gasteiger partial charge is 0.233 e. The maximum absolute atomic E-state index is 5.47. The van der Waals surface area contributed by atoms with Gasteiger partial charge in [0.2, 0.25) is 11.8 Å². The lowest BCUT2D eigenvalue weighted by Crippen LogP contribution is -2.22. The van der Waals surface area contributed by atoms with Gasteiger partial charge in [-0.3, -0.25) is 5.32 Å². The van der Waals surface area contributed by atoms with Crippen LogP contribution in [0.5, 0.6) is 0 Å². The summed E-state index contributed by atoms with van der Waals surface area (Å²) in [5.41, 5.74) is 2.31. The van der Waals surface area contributed by atoms with Crippen molar-refractivity contribution in [2.45, 2.75) is 39.8 Å². The van der Waals surface area contributed by atoms with E-state index in [9.17, 15) is 0 Å². The first-order valence-corrected chi connectivity index (χ1v) is 7.71. The van der Waals surface area contributed by atoms with Crippen molar-refractivity contribution < 1.29 is 4.42 Å². The molecular weight excluding hydrogens is 290 g/mol. The third kappa shape index (κ3) is 3.32. The number of nitrogens with zero attached hydrogens (tertiary/aromatic N) is 4. The van der Waals surface area contributed by atoms with Crippen molar-refractivity contribution in [1.82, 2.24) is 25.1 Å². The van der Waals surface area contributed by atoms with Gasteiger partial charge >= 0.3 is 0 Å². The first kappa shape index (κ1) is 15.4. The average Bonchev–Trinajstić information content (AvgIpc) is 3.16. The van der Waals surface area contributed by atoms with E-state index < -0.39 is 0 Å². The largest absolute Gasteiger partial charge is 0.424 e. The summed E-state index contributed by atoms with van der Waals surface area (Å²) in [7, 11) is 0. The van der Waals surface area contributed by atoms with Crippen LogP contribution in [-0.4, -0.2) is 19.7 Å². The van der Waals surface area contributed by atoms with Crippen LogP contribution in [0.4, 0.5) is 0 Å². The van der Waals surface area contributed by atoms with E-state index in [1.54, 1.807) is 6.92 Å². The molecule has 6 nitrogen and oxygen atoms in total. The third-order valence-electron chi connectivity index (χ3n) is 3.91. The molecule has 120 valence electrons. The molecule has 2 atom stereocenters. The quantitative estimate of drug-likeness (QED) is 0.783. The van der Waals surface area contributed by atoms with E-state index >= 15 is 0 Å². The van der Waals surface area contributed by atoms with Crippen LogP contribution in [0.2, 0.25) is 0 Å². The second-order valence-corrected chi connectivity index (χ2v) is 5.71. The summed E-state index contributed by atoms with van der Waals surface area (Å²) in [6.07, 6.45) is 3.77. The van der Waals surface area contributed by atoms with Gasteiger partial charge in [0, 0.05) is 31.0 Å². The van der Waals surface area contributed by atoms with Crippen LogP contribution in [-0.2, 0) is 0 Å². The molecule has 1 aromatic carbocycles. The predicted octanol–water partition coefficient (Wildman–Crippen LogP) is 3.28. The van der Waals surface area contributed by atoms with Gasteiger partial charge in [-0.1, -0.05) is 12.1 Å². The summed E-state index contributed by atoms with van der Waals surface area (Å²) in [6, 6.07) is 8.63. The van der Waals surface area contributed by atoms with E-state index in [-0.39, 0.29) is 12.1 Å². The molecule has 0 amide bonds. The van der Waals surface area contributed by atoms with Crippen molar-refractivity contribution >= 4 is 0 Å². The predicted molar refractivity (Wildman–Crippen MR) is 87.3 cm³/mol. The summed E-state index contributed by atoms with van der Waals surface area (Å²) in [6.45, 7) is 7.93. The van der Waals surface area contributed by atoms with Crippen LogP contribution >= 0.6 is 0 Å². The lowest BCUT2D eigenvalue weighted by atomic mass is 10.1. The molecule has 0 fully saturated rings. The number of aryl methyl sites for hydroxylation is 2. The fourth-order valence-electron chi connectivity index (χ4n) is 2.60. The van der Waals surface area contributed by atoms with Gasteiger partial charge in [-0.15, -0.1) is 10.2 Å². The second kappa shape index (κ2) is 6.34. The van der Waals surface area contributed by atoms with Gasteiger partial charge in [-0.25, -0.2) is 4.98 Å². The lowest BCUT2D eigenvalue weighted by molar-refractivity contribution is 0.380. The minimum Gasteiger partial charge on any atom is -0.424 e. The van der Waals surface area contributed by atoms with Gasteiger partial charge in [0.05, 0.1) is 6.04 Å². The molecule has 2 aromatic heterocycles. The van der Waals surface area contributed by atoms with Crippen LogP contribution in [0.15, 0.2) is 41.1 Å². The number of imidazole rings is 1. The first-order chi connectivity index (χ1) is 11.0. The van der Waals surface area contributed by atoms with Crippen molar-refractivity contribution in [2.24, 2.45) is 0 Å². The van der Waals surface area contributed by atoms with Gasteiger partial charge in [0.15, 0.2) is 0 Å². The molecule has 23 heavy (non-hydrogen) atoms. The number of nitrogens with one attached hydrogen (secondary N) is 1. The first-order valence-electron chi connectivity index (χ1n) is 7.71. The summed E-state index contributed by atoms with van der Waals surface area (Å²) in [5.74, 6) is 2.17. The highest BCUT2D eigenvalue weighted by molar-refractivity contribution is 5.36. The van der Waals surface area contributed by atoms with Crippen molar-refractivity contribution in [1.29, 1.82) is 0 Å². The van der Waals surface area contributed by atoms with Crippen LogP contribution in [0.25, 0.3) is 5.69 Å². The number of benzene rings is 1. The molecule has 0 radical (unpaired) electrons. The number of rotatable bonds is 5. The SMILES string of the molecule is Cc1nnc([C@@H](C)N[C@H](C)c2ccc(-n3ccnc3C)cc2)o1. The Morgan fingerprint density at radius 2 is 1.78 bits per heavy atom. The maximum Gasteiger partial charge on any atom is 0.233 e. The summed E-state index contributed by atoms with van der Waals surface area (Å²) >= 11 is 0. The molecule has 6 heteroatoms. The van der Waals surface area contributed by atoms with Crippen molar-refractivity contribution in [3.05, 3.63) is 59.8 Å². The van der Waals surface area contributed by atoms with Crippen LogP contribution in [0, 0.1) is 13.8 Å². The van der Waals surface area contributed by atoms with Crippen molar-refractivity contribution in [3.63, 3.8) is 0 Å².